The van der Waals surface area contributed by atoms with Crippen molar-refractivity contribution >= 4 is 17.6 Å². The summed E-state index contributed by atoms with van der Waals surface area (Å²) in [7, 11) is 0. The van der Waals surface area contributed by atoms with Crippen LogP contribution < -0.4 is 0 Å². The third-order valence-electron chi connectivity index (χ3n) is 3.21. The predicted octanol–water partition coefficient (Wildman–Crippen LogP) is 2.92. The molecule has 2 aromatic heterocycles. The number of carbonyl (C=O) groups excluding carboxylic acids is 1. The highest BCUT2D eigenvalue weighted by molar-refractivity contribution is 6.33. The van der Waals surface area contributed by atoms with Crippen molar-refractivity contribution in [2.24, 2.45) is 0 Å². The van der Waals surface area contributed by atoms with Gasteiger partial charge in [0.25, 0.3) is 0 Å². The van der Waals surface area contributed by atoms with Crippen LogP contribution in [0.4, 0.5) is 0 Å². The summed E-state index contributed by atoms with van der Waals surface area (Å²) >= 11 is 6.16. The number of aromatic nitrogens is 4. The van der Waals surface area contributed by atoms with Gasteiger partial charge in [-0.05, 0) is 6.07 Å². The van der Waals surface area contributed by atoms with Gasteiger partial charge in [-0.25, -0.2) is 4.79 Å². The van der Waals surface area contributed by atoms with E-state index in [0.717, 1.165) is 5.69 Å². The number of hydrogen-bond donors (Lipinski definition) is 1. The maximum Gasteiger partial charge on any atom is 0.342 e. The van der Waals surface area contributed by atoms with Crippen molar-refractivity contribution in [1.82, 2.24) is 20.2 Å². The van der Waals surface area contributed by atoms with Crippen LogP contribution in [0, 0.1) is 0 Å². The van der Waals surface area contributed by atoms with Crippen LogP contribution >= 0.6 is 11.6 Å². The fourth-order valence-electron chi connectivity index (χ4n) is 2.10. The molecule has 0 spiro atoms. The third kappa shape index (κ3) is 3.54. The van der Waals surface area contributed by atoms with Crippen LogP contribution in [0.5, 0.6) is 0 Å². The molecule has 0 atom stereocenters. The first-order valence-corrected chi connectivity index (χ1v) is 7.34. The number of carbonyl (C=O) groups is 1. The van der Waals surface area contributed by atoms with Gasteiger partial charge in [-0.3, -0.25) is 15.1 Å². The quantitative estimate of drug-likeness (QED) is 0.728. The molecule has 0 unspecified atom stereocenters. The second-order valence-electron chi connectivity index (χ2n) is 4.72. The number of esters is 1. The molecule has 7 heteroatoms. The highest BCUT2D eigenvalue weighted by Crippen LogP contribution is 2.28. The Morgan fingerprint density at radius 3 is 2.87 bits per heavy atom. The lowest BCUT2D eigenvalue weighted by Gasteiger charge is -2.06. The van der Waals surface area contributed by atoms with Crippen molar-refractivity contribution in [3.63, 3.8) is 0 Å². The summed E-state index contributed by atoms with van der Waals surface area (Å²) in [6.45, 7) is 0.213. The molecule has 3 aromatic rings. The van der Waals surface area contributed by atoms with Crippen LogP contribution in [-0.4, -0.2) is 32.7 Å². The fourth-order valence-corrected chi connectivity index (χ4v) is 2.33. The minimum absolute atomic E-state index is 0.213. The number of rotatable bonds is 5. The van der Waals surface area contributed by atoms with Gasteiger partial charge in [0.1, 0.15) is 5.56 Å². The number of halogens is 1. The van der Waals surface area contributed by atoms with Crippen LogP contribution in [0.3, 0.4) is 0 Å². The summed E-state index contributed by atoms with van der Waals surface area (Å²) in [6.07, 6.45) is 6.77. The van der Waals surface area contributed by atoms with Crippen LogP contribution in [0.1, 0.15) is 16.1 Å². The number of nitrogens with one attached hydrogen (secondary N) is 1. The Morgan fingerprint density at radius 2 is 2.09 bits per heavy atom. The lowest BCUT2D eigenvalue weighted by Crippen LogP contribution is -2.09. The van der Waals surface area contributed by atoms with E-state index < -0.39 is 5.97 Å². The molecule has 0 bridgehead atoms. The van der Waals surface area contributed by atoms with Crippen LogP contribution in [0.25, 0.3) is 11.3 Å². The van der Waals surface area contributed by atoms with Gasteiger partial charge in [0.2, 0.25) is 0 Å². The van der Waals surface area contributed by atoms with E-state index in [4.69, 9.17) is 16.3 Å². The topological polar surface area (TPSA) is 80.8 Å². The number of H-pyrrole nitrogens is 1. The van der Waals surface area contributed by atoms with Gasteiger partial charge in [-0.1, -0.05) is 29.8 Å². The number of benzene rings is 1. The zero-order valence-electron chi connectivity index (χ0n) is 12.1. The van der Waals surface area contributed by atoms with Gasteiger partial charge in [-0.2, -0.15) is 5.10 Å². The van der Waals surface area contributed by atoms with E-state index in [2.05, 4.69) is 20.2 Å². The van der Waals surface area contributed by atoms with Gasteiger partial charge in [0.05, 0.1) is 24.2 Å². The Labute approximate surface area is 137 Å². The lowest BCUT2D eigenvalue weighted by atomic mass is 10.1. The minimum Gasteiger partial charge on any atom is -0.462 e. The molecule has 1 aromatic carbocycles. The zero-order chi connectivity index (χ0) is 16.1. The van der Waals surface area contributed by atoms with Gasteiger partial charge in [-0.15, -0.1) is 0 Å². The highest BCUT2D eigenvalue weighted by Gasteiger charge is 2.18. The Balaban J connectivity index is 1.69. The SMILES string of the molecule is O=C(OCCc1cnccn1)c1cn[nH]c1-c1ccccc1Cl. The van der Waals surface area contributed by atoms with E-state index in [1.807, 2.05) is 18.2 Å². The first kappa shape index (κ1) is 15.2. The van der Waals surface area contributed by atoms with Gasteiger partial charge < -0.3 is 4.74 Å². The monoisotopic (exact) mass is 328 g/mol. The average Bonchev–Trinajstić information content (AvgIpc) is 3.06. The van der Waals surface area contributed by atoms with Gasteiger partial charge >= 0.3 is 5.97 Å². The van der Waals surface area contributed by atoms with Crippen molar-refractivity contribution in [3.8, 4) is 11.3 Å². The lowest BCUT2D eigenvalue weighted by molar-refractivity contribution is 0.0509. The van der Waals surface area contributed by atoms with E-state index in [1.165, 1.54) is 6.20 Å². The summed E-state index contributed by atoms with van der Waals surface area (Å²) in [5.74, 6) is -0.461. The summed E-state index contributed by atoms with van der Waals surface area (Å²) < 4.78 is 5.28. The second kappa shape index (κ2) is 7.02. The van der Waals surface area contributed by atoms with E-state index in [-0.39, 0.29) is 6.61 Å². The van der Waals surface area contributed by atoms with Crippen molar-refractivity contribution < 1.29 is 9.53 Å². The summed E-state index contributed by atoms with van der Waals surface area (Å²) in [4.78, 5) is 20.3. The molecule has 0 aliphatic carbocycles. The number of hydrogen-bond acceptors (Lipinski definition) is 5. The third-order valence-corrected chi connectivity index (χ3v) is 3.54. The second-order valence-corrected chi connectivity index (χ2v) is 5.13. The van der Waals surface area contributed by atoms with E-state index >= 15 is 0 Å². The van der Waals surface area contributed by atoms with Crippen LogP contribution in [0.2, 0.25) is 5.02 Å². The van der Waals surface area contributed by atoms with Crippen molar-refractivity contribution in [3.05, 3.63) is 65.3 Å². The molecule has 0 saturated heterocycles. The fraction of sp³-hybridized carbons (Fsp3) is 0.125. The summed E-state index contributed by atoms with van der Waals surface area (Å²) in [6, 6.07) is 7.22. The van der Waals surface area contributed by atoms with E-state index in [9.17, 15) is 4.79 Å². The molecule has 0 aliphatic rings. The van der Waals surface area contributed by atoms with Crippen molar-refractivity contribution in [2.75, 3.05) is 6.61 Å². The Bertz CT molecular complexity index is 805. The maximum atomic E-state index is 12.2. The van der Waals surface area contributed by atoms with Crippen molar-refractivity contribution in [1.29, 1.82) is 0 Å². The number of aromatic amines is 1. The summed E-state index contributed by atoms with van der Waals surface area (Å²) in [5.41, 5.74) is 2.35. The number of ether oxygens (including phenoxy) is 1. The molecule has 0 aliphatic heterocycles. The largest absolute Gasteiger partial charge is 0.462 e. The molecule has 0 radical (unpaired) electrons. The molecule has 0 saturated carbocycles. The molecule has 116 valence electrons. The molecular weight excluding hydrogens is 316 g/mol. The van der Waals surface area contributed by atoms with Gasteiger partial charge in [0, 0.05) is 35.6 Å². The average molecular weight is 329 g/mol. The van der Waals surface area contributed by atoms with E-state index in [1.54, 1.807) is 24.7 Å². The molecule has 23 heavy (non-hydrogen) atoms. The molecule has 0 fully saturated rings. The molecule has 3 rings (SSSR count). The Kier molecular flexibility index (Phi) is 4.63. The number of nitrogens with zero attached hydrogens (tertiary/aromatic N) is 3. The molecular formula is C16H13ClN4O2. The van der Waals surface area contributed by atoms with Crippen molar-refractivity contribution in [2.45, 2.75) is 6.42 Å². The van der Waals surface area contributed by atoms with E-state index in [0.29, 0.717) is 28.3 Å². The summed E-state index contributed by atoms with van der Waals surface area (Å²) in [5, 5.41) is 7.25. The predicted molar refractivity (Wildman–Crippen MR) is 85.1 cm³/mol. The van der Waals surface area contributed by atoms with Crippen LogP contribution in [0.15, 0.2) is 49.1 Å². The molecule has 2 heterocycles. The smallest absolute Gasteiger partial charge is 0.342 e. The molecule has 0 amide bonds. The normalized spacial score (nSPS) is 10.5. The van der Waals surface area contributed by atoms with Crippen LogP contribution in [-0.2, 0) is 11.2 Å². The van der Waals surface area contributed by atoms with Gasteiger partial charge in [0.15, 0.2) is 0 Å². The first-order valence-electron chi connectivity index (χ1n) is 6.96. The Hall–Kier alpha value is -2.73. The minimum atomic E-state index is -0.461. The first-order chi connectivity index (χ1) is 11.3. The maximum absolute atomic E-state index is 12.2. The zero-order valence-corrected chi connectivity index (χ0v) is 12.8. The molecule has 6 nitrogen and oxygen atoms in total. The highest BCUT2D eigenvalue weighted by atomic mass is 35.5. The molecule has 1 N–H and O–H groups in total. The Morgan fingerprint density at radius 1 is 1.22 bits per heavy atom. The standard InChI is InChI=1S/C16H13ClN4O2/c17-14-4-2-1-3-12(14)15-13(10-20-21-15)16(22)23-8-5-11-9-18-6-7-19-11/h1-4,6-7,9-10H,5,8H2,(H,20,21).